The van der Waals surface area contributed by atoms with Gasteiger partial charge in [0.2, 0.25) is 0 Å². The van der Waals surface area contributed by atoms with Gasteiger partial charge in [0.1, 0.15) is 0 Å². The summed E-state index contributed by atoms with van der Waals surface area (Å²) in [5, 5.41) is 0. The Morgan fingerprint density at radius 3 is 2.26 bits per heavy atom. The van der Waals surface area contributed by atoms with Gasteiger partial charge in [-0.25, -0.2) is 0 Å². The summed E-state index contributed by atoms with van der Waals surface area (Å²) < 4.78 is 21.9. The number of hydrogen-bond acceptors (Lipinski definition) is 5. The second kappa shape index (κ2) is 5.69. The predicted molar refractivity (Wildman–Crippen MR) is 83.9 cm³/mol. The van der Waals surface area contributed by atoms with Gasteiger partial charge in [-0.1, -0.05) is 0 Å². The monoisotopic (exact) mass is 321 g/mol. The van der Waals surface area contributed by atoms with Crippen LogP contribution >= 0.6 is 0 Å². The van der Waals surface area contributed by atoms with Crippen LogP contribution in [0.4, 0.5) is 0 Å². The van der Waals surface area contributed by atoms with Gasteiger partial charge in [-0.3, -0.25) is 4.79 Å². The van der Waals surface area contributed by atoms with Gasteiger partial charge in [0.15, 0.2) is 17.3 Å². The van der Waals surface area contributed by atoms with E-state index >= 15 is 0 Å². The molecule has 0 atom stereocenters. The van der Waals surface area contributed by atoms with Gasteiger partial charge in [-0.15, -0.1) is 0 Å². The Kier molecular flexibility index (Phi) is 3.98. The lowest BCUT2D eigenvalue weighted by atomic mass is 9.80. The minimum absolute atomic E-state index is 0.0126. The number of hydrogen-bond donors (Lipinski definition) is 0. The van der Waals surface area contributed by atoms with Crippen LogP contribution in [-0.4, -0.2) is 57.1 Å². The zero-order valence-corrected chi connectivity index (χ0v) is 14.0. The molecule has 0 N–H and O–H groups in total. The molecule has 23 heavy (non-hydrogen) atoms. The molecule has 2 heterocycles. The third-order valence-corrected chi connectivity index (χ3v) is 4.42. The highest BCUT2D eigenvalue weighted by atomic mass is 16.7. The molecule has 2 aliphatic heterocycles. The molecular weight excluding hydrogens is 298 g/mol. The summed E-state index contributed by atoms with van der Waals surface area (Å²) in [4.78, 5) is 14.4. The first-order chi connectivity index (χ1) is 10.9. The van der Waals surface area contributed by atoms with Gasteiger partial charge in [0.05, 0.1) is 32.8 Å². The average Bonchev–Trinajstić information content (AvgIpc) is 2.52. The summed E-state index contributed by atoms with van der Waals surface area (Å²) in [5.74, 6) is 0.625. The molecule has 2 saturated heterocycles. The maximum atomic E-state index is 12.6. The number of rotatable bonds is 3. The summed E-state index contributed by atoms with van der Waals surface area (Å²) in [6.45, 7) is 6.36. The Balaban J connectivity index is 1.65. The first-order valence-electron chi connectivity index (χ1n) is 7.67. The molecule has 3 rings (SSSR count). The van der Waals surface area contributed by atoms with E-state index in [1.807, 2.05) is 18.7 Å². The highest BCUT2D eigenvalue weighted by molar-refractivity contribution is 5.95. The molecule has 6 nitrogen and oxygen atoms in total. The molecule has 0 radical (unpaired) electrons. The molecule has 2 fully saturated rings. The normalized spacial score (nSPS) is 21.7. The van der Waals surface area contributed by atoms with E-state index in [4.69, 9.17) is 18.9 Å². The zero-order chi connectivity index (χ0) is 16.7. The Labute approximate surface area is 136 Å². The quantitative estimate of drug-likeness (QED) is 0.851. The maximum absolute atomic E-state index is 12.6. The van der Waals surface area contributed by atoms with Crippen LogP contribution in [0.1, 0.15) is 24.2 Å². The van der Waals surface area contributed by atoms with Gasteiger partial charge in [0, 0.05) is 18.7 Å². The second-order valence-corrected chi connectivity index (χ2v) is 6.71. The fraction of sp³-hybridized carbons (Fsp3) is 0.588. The van der Waals surface area contributed by atoms with E-state index in [0.29, 0.717) is 43.4 Å². The zero-order valence-electron chi connectivity index (χ0n) is 14.0. The highest BCUT2D eigenvalue weighted by Gasteiger charge is 2.50. The van der Waals surface area contributed by atoms with Gasteiger partial charge in [-0.2, -0.15) is 0 Å². The van der Waals surface area contributed by atoms with Crippen LogP contribution in [0.2, 0.25) is 0 Å². The van der Waals surface area contributed by atoms with Crippen molar-refractivity contribution in [2.45, 2.75) is 19.6 Å². The fourth-order valence-corrected chi connectivity index (χ4v) is 2.98. The van der Waals surface area contributed by atoms with Crippen molar-refractivity contribution in [3.8, 4) is 11.5 Å². The van der Waals surface area contributed by atoms with Crippen molar-refractivity contribution in [3.05, 3.63) is 23.8 Å². The van der Waals surface area contributed by atoms with E-state index in [1.54, 1.807) is 32.4 Å². The Morgan fingerprint density at radius 2 is 1.70 bits per heavy atom. The molecule has 6 heteroatoms. The van der Waals surface area contributed by atoms with Crippen molar-refractivity contribution in [3.63, 3.8) is 0 Å². The summed E-state index contributed by atoms with van der Waals surface area (Å²) in [6, 6.07) is 5.21. The predicted octanol–water partition coefficient (Wildman–Crippen LogP) is 1.93. The molecule has 0 unspecified atom stereocenters. The van der Waals surface area contributed by atoms with Gasteiger partial charge >= 0.3 is 0 Å². The number of carbonyl (C=O) groups excluding carboxylic acids is 1. The van der Waals surface area contributed by atoms with Gasteiger partial charge < -0.3 is 23.8 Å². The number of likely N-dealkylation sites (tertiary alicyclic amines) is 1. The number of benzene rings is 1. The molecule has 126 valence electrons. The number of amides is 1. The minimum Gasteiger partial charge on any atom is -0.493 e. The van der Waals surface area contributed by atoms with Gasteiger partial charge in [0.25, 0.3) is 5.91 Å². The summed E-state index contributed by atoms with van der Waals surface area (Å²) in [6.07, 6.45) is 0. The van der Waals surface area contributed by atoms with Crippen molar-refractivity contribution in [2.75, 3.05) is 40.5 Å². The lowest BCUT2D eigenvalue weighted by Gasteiger charge is -2.54. The molecule has 0 bridgehead atoms. The summed E-state index contributed by atoms with van der Waals surface area (Å²) >= 11 is 0. The van der Waals surface area contributed by atoms with Crippen LogP contribution < -0.4 is 9.47 Å². The van der Waals surface area contributed by atoms with Crippen LogP contribution in [0.3, 0.4) is 0 Å². The second-order valence-electron chi connectivity index (χ2n) is 6.71. The van der Waals surface area contributed by atoms with E-state index in [0.717, 1.165) is 0 Å². The van der Waals surface area contributed by atoms with Crippen LogP contribution in [-0.2, 0) is 9.47 Å². The van der Waals surface area contributed by atoms with Crippen molar-refractivity contribution in [1.29, 1.82) is 0 Å². The lowest BCUT2D eigenvalue weighted by Crippen LogP contribution is -2.65. The smallest absolute Gasteiger partial charge is 0.254 e. The molecule has 0 aromatic heterocycles. The van der Waals surface area contributed by atoms with Gasteiger partial charge in [-0.05, 0) is 32.0 Å². The molecule has 2 aliphatic rings. The standard InChI is InChI=1S/C17H23NO5/c1-16(2)22-10-17(11-23-16)8-18(9-17)15(19)12-5-6-13(20-3)14(7-12)21-4/h5-7H,8-11H2,1-4H3. The highest BCUT2D eigenvalue weighted by Crippen LogP contribution is 2.38. The maximum Gasteiger partial charge on any atom is 0.254 e. The largest absolute Gasteiger partial charge is 0.493 e. The van der Waals surface area contributed by atoms with Crippen molar-refractivity contribution in [1.82, 2.24) is 4.90 Å². The Hall–Kier alpha value is -1.79. The lowest BCUT2D eigenvalue weighted by molar-refractivity contribution is -0.301. The van der Waals surface area contributed by atoms with Crippen LogP contribution in [0.5, 0.6) is 11.5 Å². The average molecular weight is 321 g/mol. The summed E-state index contributed by atoms with van der Waals surface area (Å²) in [7, 11) is 3.13. The third kappa shape index (κ3) is 3.01. The minimum atomic E-state index is -0.529. The Bertz CT molecular complexity index is 595. The van der Waals surface area contributed by atoms with E-state index in [1.165, 1.54) is 0 Å². The van der Waals surface area contributed by atoms with E-state index in [9.17, 15) is 4.79 Å². The van der Waals surface area contributed by atoms with Crippen LogP contribution in [0, 0.1) is 5.41 Å². The fourth-order valence-electron chi connectivity index (χ4n) is 2.98. The Morgan fingerprint density at radius 1 is 1.09 bits per heavy atom. The van der Waals surface area contributed by atoms with E-state index < -0.39 is 5.79 Å². The SMILES string of the molecule is COc1ccc(C(=O)N2CC3(COC(C)(C)OC3)C2)cc1OC. The van der Waals surface area contributed by atoms with E-state index in [-0.39, 0.29) is 11.3 Å². The van der Waals surface area contributed by atoms with E-state index in [2.05, 4.69) is 0 Å². The third-order valence-electron chi connectivity index (χ3n) is 4.42. The number of ether oxygens (including phenoxy) is 4. The number of methoxy groups -OCH3 is 2. The number of nitrogens with zero attached hydrogens (tertiary/aromatic N) is 1. The van der Waals surface area contributed by atoms with Crippen molar-refractivity contribution >= 4 is 5.91 Å². The topological polar surface area (TPSA) is 57.2 Å². The van der Waals surface area contributed by atoms with Crippen molar-refractivity contribution < 1.29 is 23.7 Å². The molecule has 1 aromatic rings. The number of carbonyl (C=O) groups is 1. The molecular formula is C17H23NO5. The first-order valence-corrected chi connectivity index (χ1v) is 7.67. The molecule has 1 amide bonds. The molecule has 1 spiro atoms. The molecule has 0 aliphatic carbocycles. The molecule has 1 aromatic carbocycles. The molecule has 0 saturated carbocycles. The summed E-state index contributed by atoms with van der Waals surface area (Å²) in [5.41, 5.74) is 0.525. The first kappa shape index (κ1) is 16.1. The van der Waals surface area contributed by atoms with Crippen LogP contribution in [0.25, 0.3) is 0 Å². The van der Waals surface area contributed by atoms with Crippen LogP contribution in [0.15, 0.2) is 18.2 Å². The van der Waals surface area contributed by atoms with Crippen molar-refractivity contribution in [2.24, 2.45) is 5.41 Å².